The number of pyridine rings is 1. The molecule has 0 spiro atoms. The van der Waals surface area contributed by atoms with Gasteiger partial charge in [0, 0.05) is 104 Å². The molecule has 83 heavy (non-hydrogen) atoms. The second-order valence-electron chi connectivity index (χ2n) is 22.3. The number of rotatable bonds is 22. The molecule has 6 N–H and O–H groups in total. The van der Waals surface area contributed by atoms with E-state index in [4.69, 9.17) is 9.47 Å². The summed E-state index contributed by atoms with van der Waals surface area (Å²) in [6, 6.07) is 19.8. The fourth-order valence-corrected chi connectivity index (χ4v) is 11.1. The SMILES string of the molecule is Cc1ncsc1-c1ccc(CNC(=O)[C@@H]2C[C@@H](O)CN2C(=O)C(NC(=O)COCCOCC(=O)NCCN2CCN(Cc3cccc(-c4ccc(N5CCN(C)CC5)c(NC(=O)c5c[nH]c(=O)cc5C(F)(F)F)c4)c3)CC2)C(C)(C)C)cc1. The van der Waals surface area contributed by atoms with Gasteiger partial charge >= 0.3 is 6.18 Å². The number of aromatic nitrogens is 2. The van der Waals surface area contributed by atoms with Gasteiger partial charge in [-0.25, -0.2) is 4.98 Å². The number of likely N-dealkylation sites (tertiary alicyclic amines) is 1. The van der Waals surface area contributed by atoms with E-state index in [-0.39, 0.29) is 51.8 Å². The van der Waals surface area contributed by atoms with Gasteiger partial charge in [-0.3, -0.25) is 38.6 Å². The van der Waals surface area contributed by atoms with Crippen LogP contribution in [0.15, 0.2) is 89.3 Å². The van der Waals surface area contributed by atoms with Crippen LogP contribution in [0.5, 0.6) is 0 Å². The van der Waals surface area contributed by atoms with Crippen LogP contribution >= 0.6 is 11.3 Å². The van der Waals surface area contributed by atoms with E-state index in [0.717, 1.165) is 83.9 Å². The van der Waals surface area contributed by atoms with Crippen molar-refractivity contribution in [3.63, 3.8) is 0 Å². The van der Waals surface area contributed by atoms with Crippen LogP contribution in [0.1, 0.15) is 59.9 Å². The molecule has 3 saturated heterocycles. The number of alkyl halides is 3. The van der Waals surface area contributed by atoms with Crippen molar-refractivity contribution in [1.82, 2.24) is 45.5 Å². The third-order valence-electron chi connectivity index (χ3n) is 15.0. The molecular formula is C59H74F3N11O9S. The van der Waals surface area contributed by atoms with E-state index >= 15 is 0 Å². The Morgan fingerprint density at radius 1 is 0.819 bits per heavy atom. The maximum Gasteiger partial charge on any atom is 0.417 e. The fraction of sp³-hybridized carbons (Fsp3) is 0.475. The Kier molecular flexibility index (Phi) is 20.9. The van der Waals surface area contributed by atoms with Crippen molar-refractivity contribution in [1.29, 1.82) is 0 Å². The van der Waals surface area contributed by atoms with Crippen molar-refractivity contribution >= 4 is 52.2 Å². The number of anilines is 2. The summed E-state index contributed by atoms with van der Waals surface area (Å²) in [5.41, 5.74) is 4.65. The predicted molar refractivity (Wildman–Crippen MR) is 310 cm³/mol. The third kappa shape index (κ3) is 17.0. The molecule has 3 aromatic carbocycles. The number of β-amino-alcohol motifs (C(OH)–C–C–N with tert-alkyl or cyclic N) is 1. The Hall–Kier alpha value is -7.06. The lowest BCUT2D eigenvalue weighted by Gasteiger charge is -2.35. The Morgan fingerprint density at radius 2 is 1.49 bits per heavy atom. The molecule has 3 atom stereocenters. The zero-order valence-corrected chi connectivity index (χ0v) is 48.3. The topological polar surface area (TPSA) is 234 Å². The van der Waals surface area contributed by atoms with Crippen molar-refractivity contribution in [3.8, 4) is 21.6 Å². The van der Waals surface area contributed by atoms with Crippen molar-refractivity contribution < 1.29 is 51.7 Å². The highest BCUT2D eigenvalue weighted by atomic mass is 32.1. The number of carbonyl (C=O) groups excluding carboxylic acids is 5. The number of nitrogens with zero attached hydrogens (tertiary/aromatic N) is 6. The number of amides is 5. The number of aliphatic hydroxyl groups is 1. The minimum Gasteiger partial charge on any atom is -0.391 e. The summed E-state index contributed by atoms with van der Waals surface area (Å²) in [4.78, 5) is 96.3. The van der Waals surface area contributed by atoms with Crippen LogP contribution in [-0.2, 0) is 47.9 Å². The number of H-pyrrole nitrogens is 1. The van der Waals surface area contributed by atoms with Crippen molar-refractivity contribution in [2.75, 3.05) is 116 Å². The molecule has 0 radical (unpaired) electrons. The Balaban J connectivity index is 0.726. The van der Waals surface area contributed by atoms with E-state index in [1.165, 1.54) is 4.90 Å². The van der Waals surface area contributed by atoms with Gasteiger partial charge in [-0.1, -0.05) is 69.3 Å². The number of hydrogen-bond acceptors (Lipinski definition) is 15. The lowest BCUT2D eigenvalue weighted by molar-refractivity contribution is -0.144. The molecule has 5 amide bonds. The number of piperazine rings is 2. The number of hydrogen-bond donors (Lipinski definition) is 6. The van der Waals surface area contributed by atoms with Crippen LogP contribution in [0.2, 0.25) is 0 Å². The standard InChI is InChI=1S/C59H74F3N11O9S/c1-38-53(83-37-66-38)41-11-9-39(10-12-41)31-65-56(79)49-29-44(74)34-73(49)57(80)54(58(2,3)4)68-52(77)36-82-26-25-81-35-51(76)63-15-16-70-19-21-71(22-20-70)33-40-7-6-8-42(27-40)43-13-14-48(72-23-17-69(5)18-24-72)47(28-43)67-55(78)45-32-64-50(75)30-46(45)59(60,61)62/h6-14,27-28,30,32,37,44,49,54,74H,15-26,29,31,33-36H2,1-5H3,(H,63,76)(H,64,75)(H,65,79)(H,67,78)(H,68,77)/t44-,49+,54?/m1/s1. The monoisotopic (exact) mass is 1170 g/mol. The van der Waals surface area contributed by atoms with Crippen LogP contribution < -0.4 is 31.7 Å². The average Bonchev–Trinajstić information content (AvgIpc) is 4.32. The molecule has 0 aliphatic carbocycles. The van der Waals surface area contributed by atoms with Gasteiger partial charge < -0.3 is 55.5 Å². The molecule has 20 nitrogen and oxygen atoms in total. The Bertz CT molecular complexity index is 3120. The Labute approximate surface area is 484 Å². The molecular weight excluding hydrogens is 1100 g/mol. The minimum atomic E-state index is -4.92. The first-order valence-electron chi connectivity index (χ1n) is 27.8. The summed E-state index contributed by atoms with van der Waals surface area (Å²) in [6.45, 7) is 14.8. The second-order valence-corrected chi connectivity index (χ2v) is 23.2. The number of aromatic amines is 1. The zero-order valence-electron chi connectivity index (χ0n) is 47.5. The fourth-order valence-electron chi connectivity index (χ4n) is 10.3. The largest absolute Gasteiger partial charge is 0.417 e. The van der Waals surface area contributed by atoms with E-state index in [9.17, 15) is 47.0 Å². The first-order chi connectivity index (χ1) is 39.6. The summed E-state index contributed by atoms with van der Waals surface area (Å²) in [5, 5.41) is 21.9. The number of ether oxygens (including phenoxy) is 2. The number of likely N-dealkylation sites (N-methyl/N-ethyl adjacent to an activating group) is 1. The van der Waals surface area contributed by atoms with Crippen LogP contribution in [0, 0.1) is 12.3 Å². The highest BCUT2D eigenvalue weighted by Crippen LogP contribution is 2.36. The number of aryl methyl sites for hydroxylation is 1. The van der Waals surface area contributed by atoms with E-state index < -0.39 is 70.1 Å². The van der Waals surface area contributed by atoms with Gasteiger partial charge in [0.05, 0.1) is 57.9 Å². The molecule has 2 aromatic heterocycles. The predicted octanol–water partition coefficient (Wildman–Crippen LogP) is 4.57. The van der Waals surface area contributed by atoms with Gasteiger partial charge in [-0.2, -0.15) is 13.2 Å². The normalized spacial score (nSPS) is 17.7. The molecule has 0 bridgehead atoms. The summed E-state index contributed by atoms with van der Waals surface area (Å²) < 4.78 is 52.9. The van der Waals surface area contributed by atoms with Gasteiger partial charge in [0.1, 0.15) is 25.3 Å². The molecule has 3 fully saturated rings. The summed E-state index contributed by atoms with van der Waals surface area (Å²) in [7, 11) is 2.01. The lowest BCUT2D eigenvalue weighted by atomic mass is 9.85. The summed E-state index contributed by atoms with van der Waals surface area (Å²) >= 11 is 1.56. The maximum absolute atomic E-state index is 14.0. The van der Waals surface area contributed by atoms with Crippen LogP contribution in [0.3, 0.4) is 0 Å². The summed E-state index contributed by atoms with van der Waals surface area (Å²) in [6.07, 6.45) is -4.97. The molecule has 24 heteroatoms. The Morgan fingerprint density at radius 3 is 2.17 bits per heavy atom. The average molecular weight is 1170 g/mol. The van der Waals surface area contributed by atoms with Crippen LogP contribution in [-0.4, -0.2) is 188 Å². The minimum absolute atomic E-state index is 0.0146. The van der Waals surface area contributed by atoms with E-state index in [0.29, 0.717) is 50.2 Å². The molecule has 3 aliphatic rings. The first-order valence-corrected chi connectivity index (χ1v) is 28.7. The van der Waals surface area contributed by atoms with Crippen molar-refractivity contribution in [2.24, 2.45) is 5.41 Å². The number of benzene rings is 3. The highest BCUT2D eigenvalue weighted by Gasteiger charge is 2.44. The van der Waals surface area contributed by atoms with Gasteiger partial charge in [-0.15, -0.1) is 11.3 Å². The van der Waals surface area contributed by atoms with E-state index in [1.54, 1.807) is 43.7 Å². The molecule has 1 unspecified atom stereocenters. The molecule has 8 rings (SSSR count). The summed E-state index contributed by atoms with van der Waals surface area (Å²) in [5.74, 6) is -2.73. The number of nitrogens with one attached hydrogen (secondary N) is 5. The molecule has 0 saturated carbocycles. The lowest BCUT2D eigenvalue weighted by Crippen LogP contribution is -2.58. The van der Waals surface area contributed by atoms with E-state index in [2.05, 4.69) is 56.9 Å². The van der Waals surface area contributed by atoms with Crippen molar-refractivity contribution in [3.05, 3.63) is 123 Å². The number of carbonyl (C=O) groups is 5. The number of aliphatic hydroxyl groups excluding tert-OH is 1. The zero-order chi connectivity index (χ0) is 59.4. The third-order valence-corrected chi connectivity index (χ3v) is 16.0. The smallest absolute Gasteiger partial charge is 0.391 e. The van der Waals surface area contributed by atoms with E-state index in [1.807, 2.05) is 68.6 Å². The second kappa shape index (κ2) is 28.0. The molecule has 5 heterocycles. The van der Waals surface area contributed by atoms with Crippen molar-refractivity contribution in [2.45, 2.75) is 71.6 Å². The van der Waals surface area contributed by atoms with Crippen LogP contribution in [0.4, 0.5) is 24.5 Å². The highest BCUT2D eigenvalue weighted by molar-refractivity contribution is 7.13. The first kappa shape index (κ1) is 62.0. The number of halogens is 3. The van der Waals surface area contributed by atoms with Gasteiger partial charge in [-0.05, 0) is 65.4 Å². The maximum atomic E-state index is 14.0. The van der Waals surface area contributed by atoms with Gasteiger partial charge in [0.2, 0.25) is 29.2 Å². The van der Waals surface area contributed by atoms with Gasteiger partial charge in [0.25, 0.3) is 5.91 Å². The van der Waals surface area contributed by atoms with Gasteiger partial charge in [0.15, 0.2) is 0 Å². The quantitative estimate of drug-likeness (QED) is 0.0522. The van der Waals surface area contributed by atoms with Crippen LogP contribution in [0.25, 0.3) is 21.6 Å². The number of thiazole rings is 1. The molecule has 5 aromatic rings. The molecule has 3 aliphatic heterocycles. The molecule has 446 valence electrons.